The normalized spacial score (nSPS) is 11.0. The Balaban J connectivity index is 2.83. The smallest absolute Gasteiger partial charge is 0.0739 e. The van der Waals surface area contributed by atoms with Gasteiger partial charge in [-0.25, -0.2) is 0 Å². The second kappa shape index (κ2) is 4.22. The standard InChI is InChI=1S/C14H18N2/c1-9-4-5-10(2)14-13(9)12(6-7-15)8-11(3)16-14/h4-5,8H,6-7,15H2,1-3H3. The first kappa shape index (κ1) is 11.1. The molecular formula is C14H18N2. The van der Waals surface area contributed by atoms with Gasteiger partial charge in [0.25, 0.3) is 0 Å². The van der Waals surface area contributed by atoms with Crippen molar-refractivity contribution in [2.24, 2.45) is 5.73 Å². The molecule has 16 heavy (non-hydrogen) atoms. The van der Waals surface area contributed by atoms with Gasteiger partial charge in [0.2, 0.25) is 0 Å². The molecule has 0 saturated heterocycles. The topological polar surface area (TPSA) is 38.9 Å². The number of benzene rings is 1. The number of aryl methyl sites for hydroxylation is 3. The minimum atomic E-state index is 0.686. The number of fused-ring (bicyclic) bond motifs is 1. The van der Waals surface area contributed by atoms with Crippen molar-refractivity contribution in [3.8, 4) is 0 Å². The van der Waals surface area contributed by atoms with Gasteiger partial charge in [-0.1, -0.05) is 12.1 Å². The summed E-state index contributed by atoms with van der Waals surface area (Å²) in [5, 5.41) is 1.29. The number of aromatic nitrogens is 1. The van der Waals surface area contributed by atoms with Crippen molar-refractivity contribution < 1.29 is 0 Å². The highest BCUT2D eigenvalue weighted by molar-refractivity contribution is 5.88. The molecule has 0 amide bonds. The van der Waals surface area contributed by atoms with Crippen LogP contribution in [-0.4, -0.2) is 11.5 Å². The molecule has 0 bridgehead atoms. The summed E-state index contributed by atoms with van der Waals surface area (Å²) < 4.78 is 0. The molecule has 0 radical (unpaired) electrons. The maximum atomic E-state index is 5.67. The lowest BCUT2D eigenvalue weighted by atomic mass is 9.98. The Labute approximate surface area is 96.5 Å². The Kier molecular flexibility index (Phi) is 2.92. The lowest BCUT2D eigenvalue weighted by Crippen LogP contribution is -2.05. The first-order valence-corrected chi connectivity index (χ1v) is 5.70. The van der Waals surface area contributed by atoms with E-state index in [0.29, 0.717) is 6.54 Å². The molecule has 0 atom stereocenters. The number of hydrogen-bond donors (Lipinski definition) is 1. The monoisotopic (exact) mass is 214 g/mol. The van der Waals surface area contributed by atoms with E-state index in [1.807, 2.05) is 6.92 Å². The molecular weight excluding hydrogens is 196 g/mol. The summed E-state index contributed by atoms with van der Waals surface area (Å²) in [6.07, 6.45) is 0.921. The fourth-order valence-electron chi connectivity index (χ4n) is 2.23. The number of hydrogen-bond acceptors (Lipinski definition) is 2. The van der Waals surface area contributed by atoms with Crippen LogP contribution < -0.4 is 5.73 Å². The van der Waals surface area contributed by atoms with Crippen LogP contribution in [0.15, 0.2) is 18.2 Å². The fraction of sp³-hybridized carbons (Fsp3) is 0.357. The van der Waals surface area contributed by atoms with Crippen molar-refractivity contribution in [1.82, 2.24) is 4.98 Å². The fourth-order valence-corrected chi connectivity index (χ4v) is 2.23. The summed E-state index contributed by atoms with van der Waals surface area (Å²) in [5.74, 6) is 0. The Morgan fingerprint density at radius 2 is 1.81 bits per heavy atom. The molecule has 0 saturated carbocycles. The highest BCUT2D eigenvalue weighted by Gasteiger charge is 2.08. The van der Waals surface area contributed by atoms with E-state index < -0.39 is 0 Å². The molecule has 0 fully saturated rings. The van der Waals surface area contributed by atoms with E-state index in [-0.39, 0.29) is 0 Å². The Morgan fingerprint density at radius 3 is 2.50 bits per heavy atom. The molecule has 2 nitrogen and oxygen atoms in total. The van der Waals surface area contributed by atoms with E-state index >= 15 is 0 Å². The lowest BCUT2D eigenvalue weighted by molar-refractivity contribution is 0.969. The quantitative estimate of drug-likeness (QED) is 0.834. The van der Waals surface area contributed by atoms with Gasteiger partial charge in [0.15, 0.2) is 0 Å². The van der Waals surface area contributed by atoms with E-state index in [9.17, 15) is 0 Å². The van der Waals surface area contributed by atoms with Crippen LogP contribution in [-0.2, 0) is 6.42 Å². The molecule has 2 rings (SSSR count). The van der Waals surface area contributed by atoms with E-state index in [0.717, 1.165) is 17.6 Å². The molecule has 0 spiro atoms. The highest BCUT2D eigenvalue weighted by Crippen LogP contribution is 2.25. The van der Waals surface area contributed by atoms with Crippen LogP contribution in [0.25, 0.3) is 10.9 Å². The van der Waals surface area contributed by atoms with Crippen LogP contribution >= 0.6 is 0 Å². The van der Waals surface area contributed by atoms with Crippen LogP contribution in [0.3, 0.4) is 0 Å². The molecule has 2 aromatic rings. The Morgan fingerprint density at radius 1 is 1.12 bits per heavy atom. The van der Waals surface area contributed by atoms with Gasteiger partial charge < -0.3 is 5.73 Å². The molecule has 1 heterocycles. The summed E-state index contributed by atoms with van der Waals surface area (Å²) in [6.45, 7) is 6.98. The van der Waals surface area contributed by atoms with Crippen LogP contribution in [0, 0.1) is 20.8 Å². The van der Waals surface area contributed by atoms with E-state index in [1.165, 1.54) is 22.1 Å². The van der Waals surface area contributed by atoms with Crippen molar-refractivity contribution in [1.29, 1.82) is 0 Å². The second-order valence-corrected chi connectivity index (χ2v) is 4.38. The maximum Gasteiger partial charge on any atom is 0.0739 e. The van der Waals surface area contributed by atoms with Crippen molar-refractivity contribution in [3.05, 3.63) is 40.6 Å². The summed E-state index contributed by atoms with van der Waals surface area (Å²) in [5.41, 5.74) is 11.7. The molecule has 2 N–H and O–H groups in total. The first-order chi connectivity index (χ1) is 7.63. The van der Waals surface area contributed by atoms with Gasteiger partial charge in [-0.3, -0.25) is 4.98 Å². The van der Waals surface area contributed by atoms with Gasteiger partial charge in [0.05, 0.1) is 5.52 Å². The summed E-state index contributed by atoms with van der Waals surface area (Å²) in [4.78, 5) is 4.64. The van der Waals surface area contributed by atoms with E-state index in [1.54, 1.807) is 0 Å². The number of nitrogens with two attached hydrogens (primary N) is 1. The predicted molar refractivity (Wildman–Crippen MR) is 68.7 cm³/mol. The molecule has 1 aromatic carbocycles. The zero-order chi connectivity index (χ0) is 11.7. The van der Waals surface area contributed by atoms with Crippen LogP contribution in [0.2, 0.25) is 0 Å². The van der Waals surface area contributed by atoms with Gasteiger partial charge >= 0.3 is 0 Å². The zero-order valence-electron chi connectivity index (χ0n) is 10.2. The van der Waals surface area contributed by atoms with Crippen LogP contribution in [0.1, 0.15) is 22.4 Å². The molecule has 2 heteroatoms. The van der Waals surface area contributed by atoms with Crippen molar-refractivity contribution in [2.75, 3.05) is 6.54 Å². The molecule has 0 aliphatic heterocycles. The molecule has 84 valence electrons. The van der Waals surface area contributed by atoms with Crippen LogP contribution in [0.4, 0.5) is 0 Å². The maximum absolute atomic E-state index is 5.67. The van der Waals surface area contributed by atoms with Crippen molar-refractivity contribution in [3.63, 3.8) is 0 Å². The predicted octanol–water partition coefficient (Wildman–Crippen LogP) is 2.66. The Bertz CT molecular complexity index is 530. The number of nitrogens with zero attached hydrogens (tertiary/aromatic N) is 1. The van der Waals surface area contributed by atoms with Gasteiger partial charge in [0, 0.05) is 11.1 Å². The van der Waals surface area contributed by atoms with Gasteiger partial charge in [-0.05, 0) is 56.5 Å². The van der Waals surface area contributed by atoms with E-state index in [4.69, 9.17) is 5.73 Å². The third kappa shape index (κ3) is 1.81. The third-order valence-corrected chi connectivity index (χ3v) is 2.99. The molecule has 1 aromatic heterocycles. The first-order valence-electron chi connectivity index (χ1n) is 5.70. The van der Waals surface area contributed by atoms with E-state index in [2.05, 4.69) is 37.0 Å². The van der Waals surface area contributed by atoms with Gasteiger partial charge in [0.1, 0.15) is 0 Å². The lowest BCUT2D eigenvalue weighted by Gasteiger charge is -2.11. The zero-order valence-corrected chi connectivity index (χ0v) is 10.2. The summed E-state index contributed by atoms with van der Waals surface area (Å²) in [6, 6.07) is 6.45. The van der Waals surface area contributed by atoms with Crippen molar-refractivity contribution >= 4 is 10.9 Å². The average Bonchev–Trinajstić information content (AvgIpc) is 2.23. The SMILES string of the molecule is Cc1cc(CCN)c2c(C)ccc(C)c2n1. The summed E-state index contributed by atoms with van der Waals surface area (Å²) >= 11 is 0. The average molecular weight is 214 g/mol. The minimum Gasteiger partial charge on any atom is -0.330 e. The molecule has 0 aliphatic carbocycles. The highest BCUT2D eigenvalue weighted by atomic mass is 14.7. The minimum absolute atomic E-state index is 0.686. The number of pyridine rings is 1. The van der Waals surface area contributed by atoms with Gasteiger partial charge in [-0.2, -0.15) is 0 Å². The molecule has 0 unspecified atom stereocenters. The van der Waals surface area contributed by atoms with Gasteiger partial charge in [-0.15, -0.1) is 0 Å². The third-order valence-electron chi connectivity index (χ3n) is 2.99. The largest absolute Gasteiger partial charge is 0.330 e. The molecule has 0 aliphatic rings. The summed E-state index contributed by atoms with van der Waals surface area (Å²) in [7, 11) is 0. The van der Waals surface area contributed by atoms with Crippen LogP contribution in [0.5, 0.6) is 0 Å². The Hall–Kier alpha value is -1.41. The van der Waals surface area contributed by atoms with Crippen molar-refractivity contribution in [2.45, 2.75) is 27.2 Å². The second-order valence-electron chi connectivity index (χ2n) is 4.38. The number of rotatable bonds is 2.